The molecule has 6 heteroatoms. The van der Waals surface area contributed by atoms with Crippen molar-refractivity contribution in [2.75, 3.05) is 17.3 Å². The summed E-state index contributed by atoms with van der Waals surface area (Å²) in [4.78, 5) is 28.4. The van der Waals surface area contributed by atoms with Gasteiger partial charge in [-0.05, 0) is 73.4 Å². The molecule has 0 aliphatic carbocycles. The van der Waals surface area contributed by atoms with Crippen LogP contribution in [0.15, 0.2) is 66.4 Å². The molecule has 5 nitrogen and oxygen atoms in total. The summed E-state index contributed by atoms with van der Waals surface area (Å²) in [5.41, 5.74) is 5.19. The quantitative estimate of drug-likeness (QED) is 0.513. The number of rotatable bonds is 5. The van der Waals surface area contributed by atoms with Crippen LogP contribution in [-0.4, -0.2) is 18.9 Å². The number of nitrogens with zero attached hydrogens (tertiary/aromatic N) is 1. The Balaban J connectivity index is 1.87. The van der Waals surface area contributed by atoms with Crippen LogP contribution >= 0.6 is 11.6 Å². The number of nitrogens with one attached hydrogen (secondary N) is 1. The van der Waals surface area contributed by atoms with Gasteiger partial charge < -0.3 is 10.1 Å². The largest absolute Gasteiger partial charge is 0.497 e. The minimum atomic E-state index is -0.424. The van der Waals surface area contributed by atoms with Gasteiger partial charge in [0.05, 0.1) is 18.4 Å². The maximum Gasteiger partial charge on any atom is 0.282 e. The van der Waals surface area contributed by atoms with E-state index in [1.165, 1.54) is 4.90 Å². The van der Waals surface area contributed by atoms with Crippen molar-refractivity contribution in [1.82, 2.24) is 0 Å². The van der Waals surface area contributed by atoms with E-state index >= 15 is 0 Å². The Kier molecular flexibility index (Phi) is 5.76. The van der Waals surface area contributed by atoms with Crippen molar-refractivity contribution in [3.8, 4) is 5.75 Å². The summed E-state index contributed by atoms with van der Waals surface area (Å²) in [6.07, 6.45) is 0. The van der Waals surface area contributed by atoms with Crippen LogP contribution in [-0.2, 0) is 9.59 Å². The predicted molar refractivity (Wildman–Crippen MR) is 128 cm³/mol. The molecule has 1 aliphatic heterocycles. The number of ether oxygens (including phenoxy) is 1. The lowest BCUT2D eigenvalue weighted by molar-refractivity contribution is -0.120. The van der Waals surface area contributed by atoms with E-state index in [9.17, 15) is 9.59 Å². The van der Waals surface area contributed by atoms with Gasteiger partial charge in [0.2, 0.25) is 0 Å². The van der Waals surface area contributed by atoms with E-state index in [-0.39, 0.29) is 5.70 Å². The third-order valence-electron chi connectivity index (χ3n) is 5.53. The van der Waals surface area contributed by atoms with Crippen molar-refractivity contribution >= 4 is 40.4 Å². The number of carbonyl (C=O) groups is 2. The van der Waals surface area contributed by atoms with Crippen LogP contribution in [0.4, 0.5) is 11.4 Å². The van der Waals surface area contributed by atoms with Crippen molar-refractivity contribution < 1.29 is 14.3 Å². The molecule has 1 N–H and O–H groups in total. The summed E-state index contributed by atoms with van der Waals surface area (Å²) in [7, 11) is 1.58. The highest BCUT2D eigenvalue weighted by Crippen LogP contribution is 2.37. The fourth-order valence-corrected chi connectivity index (χ4v) is 3.88. The molecule has 0 saturated carbocycles. The number of halogens is 1. The molecule has 0 spiro atoms. The molecular weight excluding hydrogens is 424 g/mol. The van der Waals surface area contributed by atoms with Crippen molar-refractivity contribution in [2.24, 2.45) is 0 Å². The van der Waals surface area contributed by atoms with Gasteiger partial charge in [0.25, 0.3) is 11.8 Å². The molecule has 2 amide bonds. The second-order valence-corrected chi connectivity index (χ2v) is 8.23. The number of imide groups is 1. The lowest BCUT2D eigenvalue weighted by Crippen LogP contribution is -2.33. The summed E-state index contributed by atoms with van der Waals surface area (Å²) >= 11 is 6.19. The molecule has 3 aromatic carbocycles. The van der Waals surface area contributed by atoms with Crippen molar-refractivity contribution in [1.29, 1.82) is 0 Å². The number of hydrogen-bond acceptors (Lipinski definition) is 4. The Labute approximate surface area is 192 Å². The SMILES string of the molecule is COc1ccc(C2=C(Nc3cc(C)ccc3C)C(=O)N(c3cc(Cl)ccc3C)C2=O)cc1. The van der Waals surface area contributed by atoms with Crippen LogP contribution in [0.25, 0.3) is 5.57 Å². The van der Waals surface area contributed by atoms with Gasteiger partial charge in [0.1, 0.15) is 11.4 Å². The van der Waals surface area contributed by atoms with Crippen LogP contribution in [0.1, 0.15) is 22.3 Å². The highest BCUT2D eigenvalue weighted by Gasteiger charge is 2.41. The standard InChI is InChI=1S/C26H23ClN2O3/c1-15-5-6-16(2)21(13-15)28-24-23(18-8-11-20(32-4)12-9-18)25(30)29(26(24)31)22-14-19(27)10-7-17(22)3/h5-14,28H,1-4H3. The molecule has 1 heterocycles. The van der Waals surface area contributed by atoms with Gasteiger partial charge in [-0.15, -0.1) is 0 Å². The Morgan fingerprint density at radius 2 is 1.53 bits per heavy atom. The third-order valence-corrected chi connectivity index (χ3v) is 5.76. The number of carbonyl (C=O) groups excluding carboxylic acids is 2. The number of amides is 2. The second-order valence-electron chi connectivity index (χ2n) is 7.80. The highest BCUT2D eigenvalue weighted by atomic mass is 35.5. The van der Waals surface area contributed by atoms with Crippen LogP contribution in [0.5, 0.6) is 5.75 Å². The number of benzene rings is 3. The third kappa shape index (κ3) is 3.87. The fraction of sp³-hybridized carbons (Fsp3) is 0.154. The van der Waals surface area contributed by atoms with E-state index in [0.29, 0.717) is 27.6 Å². The molecule has 0 bridgehead atoms. The predicted octanol–water partition coefficient (Wildman–Crippen LogP) is 5.67. The van der Waals surface area contributed by atoms with Crippen molar-refractivity contribution in [3.05, 3.63) is 93.6 Å². The Hall–Kier alpha value is -3.57. The summed E-state index contributed by atoms with van der Waals surface area (Å²) in [5.74, 6) is -0.164. The maximum atomic E-state index is 13.6. The summed E-state index contributed by atoms with van der Waals surface area (Å²) in [5, 5.41) is 3.70. The highest BCUT2D eigenvalue weighted by molar-refractivity contribution is 6.46. The van der Waals surface area contributed by atoms with Gasteiger partial charge in [-0.25, -0.2) is 4.90 Å². The molecule has 0 saturated heterocycles. The first-order valence-corrected chi connectivity index (χ1v) is 10.6. The second kappa shape index (κ2) is 8.52. The first kappa shape index (κ1) is 21.7. The molecule has 0 aromatic heterocycles. The smallest absolute Gasteiger partial charge is 0.282 e. The molecule has 0 fully saturated rings. The molecule has 1 aliphatic rings. The van der Waals surface area contributed by atoms with Gasteiger partial charge in [-0.2, -0.15) is 0 Å². The Morgan fingerprint density at radius 3 is 2.22 bits per heavy atom. The number of anilines is 2. The maximum absolute atomic E-state index is 13.6. The minimum Gasteiger partial charge on any atom is -0.497 e. The van der Waals surface area contributed by atoms with E-state index in [2.05, 4.69) is 5.32 Å². The number of methoxy groups -OCH3 is 1. The average molecular weight is 447 g/mol. The number of hydrogen-bond donors (Lipinski definition) is 1. The van der Waals surface area contributed by atoms with E-state index in [0.717, 1.165) is 22.4 Å². The number of aryl methyl sites for hydroxylation is 3. The molecule has 4 rings (SSSR count). The zero-order chi connectivity index (χ0) is 23.0. The van der Waals surface area contributed by atoms with Crippen LogP contribution in [0.3, 0.4) is 0 Å². The van der Waals surface area contributed by atoms with Gasteiger partial charge in [-0.1, -0.05) is 41.9 Å². The molecule has 0 atom stereocenters. The van der Waals surface area contributed by atoms with E-state index in [1.807, 2.05) is 39.0 Å². The van der Waals surface area contributed by atoms with Crippen molar-refractivity contribution in [2.45, 2.75) is 20.8 Å². The summed E-state index contributed by atoms with van der Waals surface area (Å²) in [6.45, 7) is 5.78. The fourth-order valence-electron chi connectivity index (χ4n) is 3.72. The molecular formula is C26H23ClN2O3. The average Bonchev–Trinajstić information content (AvgIpc) is 3.02. The zero-order valence-corrected chi connectivity index (χ0v) is 19.1. The Bertz CT molecular complexity index is 1260. The lowest BCUT2D eigenvalue weighted by atomic mass is 10.0. The van der Waals surface area contributed by atoms with Gasteiger partial charge in [0, 0.05) is 10.7 Å². The molecule has 0 radical (unpaired) electrons. The van der Waals surface area contributed by atoms with Gasteiger partial charge in [0.15, 0.2) is 0 Å². The van der Waals surface area contributed by atoms with Gasteiger partial charge >= 0.3 is 0 Å². The Morgan fingerprint density at radius 1 is 0.844 bits per heavy atom. The zero-order valence-electron chi connectivity index (χ0n) is 18.3. The topological polar surface area (TPSA) is 58.6 Å². The van der Waals surface area contributed by atoms with E-state index in [1.54, 1.807) is 49.6 Å². The molecule has 0 unspecified atom stereocenters. The van der Waals surface area contributed by atoms with Crippen LogP contribution < -0.4 is 15.0 Å². The first-order valence-electron chi connectivity index (χ1n) is 10.2. The van der Waals surface area contributed by atoms with Crippen molar-refractivity contribution in [3.63, 3.8) is 0 Å². The normalized spacial score (nSPS) is 13.7. The van der Waals surface area contributed by atoms with E-state index in [4.69, 9.17) is 16.3 Å². The molecule has 162 valence electrons. The summed E-state index contributed by atoms with van der Waals surface area (Å²) < 4.78 is 5.24. The lowest BCUT2D eigenvalue weighted by Gasteiger charge is -2.18. The summed E-state index contributed by atoms with van der Waals surface area (Å²) in [6, 6.07) is 18.2. The van der Waals surface area contributed by atoms with Crippen LogP contribution in [0.2, 0.25) is 5.02 Å². The minimum absolute atomic E-state index is 0.230. The first-order chi connectivity index (χ1) is 15.3. The monoisotopic (exact) mass is 446 g/mol. The van der Waals surface area contributed by atoms with Crippen LogP contribution in [0, 0.1) is 20.8 Å². The van der Waals surface area contributed by atoms with E-state index < -0.39 is 11.8 Å². The molecule has 3 aromatic rings. The van der Waals surface area contributed by atoms with Gasteiger partial charge in [-0.3, -0.25) is 9.59 Å². The molecule has 32 heavy (non-hydrogen) atoms.